The van der Waals surface area contributed by atoms with Gasteiger partial charge in [0.15, 0.2) is 5.69 Å². The molecule has 0 fully saturated rings. The van der Waals surface area contributed by atoms with E-state index in [1.807, 2.05) is 24.3 Å². The zero-order valence-electron chi connectivity index (χ0n) is 14.3. The molecule has 2 rings (SSSR count). The van der Waals surface area contributed by atoms with E-state index in [9.17, 15) is 18.0 Å². The molecule has 1 heterocycles. The molecule has 0 radical (unpaired) electrons. The molecule has 2 aromatic rings. The Morgan fingerprint density at radius 3 is 2.69 bits per heavy atom. The maximum absolute atomic E-state index is 13.1. The number of anilines is 1. The number of esters is 1. The van der Waals surface area contributed by atoms with Crippen LogP contribution >= 0.6 is 0 Å². The Morgan fingerprint density at radius 2 is 2.04 bits per heavy atom. The van der Waals surface area contributed by atoms with Gasteiger partial charge in [-0.25, -0.2) is 14.8 Å². The van der Waals surface area contributed by atoms with Crippen molar-refractivity contribution < 1.29 is 27.4 Å². The fraction of sp³-hybridized carbons (Fsp3) is 0.353. The van der Waals surface area contributed by atoms with E-state index in [0.29, 0.717) is 19.4 Å². The molecule has 26 heavy (non-hydrogen) atoms. The van der Waals surface area contributed by atoms with Crippen molar-refractivity contribution in [3.8, 4) is 5.75 Å². The largest absolute Gasteiger partial charge is 0.497 e. The van der Waals surface area contributed by atoms with E-state index >= 15 is 0 Å². The van der Waals surface area contributed by atoms with Gasteiger partial charge in [0.2, 0.25) is 5.95 Å². The smallest absolute Gasteiger partial charge is 0.434 e. The van der Waals surface area contributed by atoms with Crippen molar-refractivity contribution >= 4 is 11.9 Å². The summed E-state index contributed by atoms with van der Waals surface area (Å²) in [7, 11) is 2.57. The molecule has 0 unspecified atom stereocenters. The predicted molar refractivity (Wildman–Crippen MR) is 88.2 cm³/mol. The Kier molecular flexibility index (Phi) is 6.37. The van der Waals surface area contributed by atoms with Crippen molar-refractivity contribution in [3.05, 3.63) is 47.3 Å². The van der Waals surface area contributed by atoms with Crippen LogP contribution in [0.15, 0.2) is 30.5 Å². The second-order valence-electron chi connectivity index (χ2n) is 5.33. The number of nitrogens with zero attached hydrogens (tertiary/aromatic N) is 2. The summed E-state index contributed by atoms with van der Waals surface area (Å²) in [4.78, 5) is 18.6. The predicted octanol–water partition coefficient (Wildman–Crippen LogP) is 3.34. The first-order chi connectivity index (χ1) is 12.3. The Hall–Kier alpha value is -2.84. The Balaban J connectivity index is 2.00. The molecular weight excluding hydrogens is 351 g/mol. The fourth-order valence-electron chi connectivity index (χ4n) is 2.26. The SMILES string of the molecule is COC(=O)c1cnc(NCCCc2cccc(OC)c2)nc1C(F)(F)F. The van der Waals surface area contributed by atoms with Crippen molar-refractivity contribution in [3.63, 3.8) is 0 Å². The molecule has 0 saturated heterocycles. The first-order valence-corrected chi connectivity index (χ1v) is 7.74. The topological polar surface area (TPSA) is 73.3 Å². The molecule has 1 aromatic heterocycles. The van der Waals surface area contributed by atoms with Gasteiger partial charge in [0.05, 0.1) is 14.2 Å². The Morgan fingerprint density at radius 1 is 1.27 bits per heavy atom. The fourth-order valence-corrected chi connectivity index (χ4v) is 2.26. The summed E-state index contributed by atoms with van der Waals surface area (Å²) in [6, 6.07) is 7.53. The molecule has 1 N–H and O–H groups in total. The zero-order valence-corrected chi connectivity index (χ0v) is 14.3. The normalized spacial score (nSPS) is 11.1. The molecule has 0 spiro atoms. The third kappa shape index (κ3) is 5.08. The minimum absolute atomic E-state index is 0.198. The molecule has 0 aliphatic heterocycles. The van der Waals surface area contributed by atoms with Gasteiger partial charge >= 0.3 is 12.1 Å². The Labute approximate surface area is 148 Å². The van der Waals surface area contributed by atoms with Gasteiger partial charge in [0.25, 0.3) is 0 Å². The van der Waals surface area contributed by atoms with Gasteiger partial charge in [-0.05, 0) is 30.5 Å². The lowest BCUT2D eigenvalue weighted by atomic mass is 10.1. The second kappa shape index (κ2) is 8.50. The standard InChI is InChI=1S/C17H18F3N3O3/c1-25-12-7-3-5-11(9-12)6-4-8-21-16-22-10-13(15(24)26-2)14(23-16)17(18,19)20/h3,5,7,9-10H,4,6,8H2,1-2H3,(H,21,22,23). The molecule has 0 aliphatic rings. The van der Waals surface area contributed by atoms with E-state index in [1.54, 1.807) is 7.11 Å². The van der Waals surface area contributed by atoms with Crippen LogP contribution < -0.4 is 10.1 Å². The molecule has 0 aliphatic carbocycles. The lowest BCUT2D eigenvalue weighted by Crippen LogP contribution is -2.19. The maximum atomic E-state index is 13.1. The van der Waals surface area contributed by atoms with Crippen molar-refractivity contribution in [2.45, 2.75) is 19.0 Å². The molecule has 0 amide bonds. The number of ether oxygens (including phenoxy) is 2. The van der Waals surface area contributed by atoms with Gasteiger partial charge in [0.1, 0.15) is 11.3 Å². The summed E-state index contributed by atoms with van der Waals surface area (Å²) in [5.41, 5.74) is -0.999. The van der Waals surface area contributed by atoms with Crippen LogP contribution in [0.2, 0.25) is 0 Å². The summed E-state index contributed by atoms with van der Waals surface area (Å²) >= 11 is 0. The quantitative estimate of drug-likeness (QED) is 0.596. The van der Waals surface area contributed by atoms with E-state index in [4.69, 9.17) is 4.74 Å². The first-order valence-electron chi connectivity index (χ1n) is 7.74. The summed E-state index contributed by atoms with van der Waals surface area (Å²) in [5.74, 6) is -0.593. The Bertz CT molecular complexity index is 766. The highest BCUT2D eigenvalue weighted by Gasteiger charge is 2.38. The van der Waals surface area contributed by atoms with E-state index in [2.05, 4.69) is 20.0 Å². The van der Waals surface area contributed by atoms with Crippen molar-refractivity contribution in [2.24, 2.45) is 0 Å². The van der Waals surface area contributed by atoms with Crippen LogP contribution in [0.5, 0.6) is 5.75 Å². The van der Waals surface area contributed by atoms with Gasteiger partial charge in [-0.3, -0.25) is 0 Å². The van der Waals surface area contributed by atoms with Crippen molar-refractivity contribution in [2.75, 3.05) is 26.1 Å². The maximum Gasteiger partial charge on any atom is 0.434 e. The highest BCUT2D eigenvalue weighted by Crippen LogP contribution is 2.31. The third-order valence-electron chi connectivity index (χ3n) is 3.52. The van der Waals surface area contributed by atoms with E-state index in [1.165, 1.54) is 0 Å². The third-order valence-corrected chi connectivity index (χ3v) is 3.52. The number of hydrogen-bond acceptors (Lipinski definition) is 6. The minimum atomic E-state index is -4.79. The summed E-state index contributed by atoms with van der Waals surface area (Å²) in [6.45, 7) is 0.367. The summed E-state index contributed by atoms with van der Waals surface area (Å²) in [5, 5.41) is 2.73. The number of hydrogen-bond donors (Lipinski definition) is 1. The minimum Gasteiger partial charge on any atom is -0.497 e. The molecule has 6 nitrogen and oxygen atoms in total. The monoisotopic (exact) mass is 369 g/mol. The highest BCUT2D eigenvalue weighted by molar-refractivity contribution is 5.90. The van der Waals surface area contributed by atoms with E-state index < -0.39 is 23.4 Å². The number of aryl methyl sites for hydroxylation is 1. The van der Waals surface area contributed by atoms with Gasteiger partial charge in [-0.2, -0.15) is 13.2 Å². The number of alkyl halides is 3. The van der Waals surface area contributed by atoms with Crippen LogP contribution in [-0.4, -0.2) is 36.7 Å². The second-order valence-corrected chi connectivity index (χ2v) is 5.33. The highest BCUT2D eigenvalue weighted by atomic mass is 19.4. The number of carbonyl (C=O) groups is 1. The van der Waals surface area contributed by atoms with Gasteiger partial charge < -0.3 is 14.8 Å². The lowest BCUT2D eigenvalue weighted by molar-refractivity contribution is -0.141. The van der Waals surface area contributed by atoms with Crippen LogP contribution in [-0.2, 0) is 17.3 Å². The molecule has 0 saturated carbocycles. The van der Waals surface area contributed by atoms with Gasteiger partial charge in [-0.1, -0.05) is 12.1 Å². The van der Waals surface area contributed by atoms with Gasteiger partial charge in [0, 0.05) is 12.7 Å². The number of nitrogens with one attached hydrogen (secondary N) is 1. The van der Waals surface area contributed by atoms with Crippen molar-refractivity contribution in [1.82, 2.24) is 9.97 Å². The number of rotatable bonds is 7. The van der Waals surface area contributed by atoms with Crippen LogP contribution in [0.25, 0.3) is 0 Å². The first kappa shape index (κ1) is 19.5. The average Bonchev–Trinajstić information content (AvgIpc) is 2.64. The van der Waals surface area contributed by atoms with Crippen LogP contribution in [0.3, 0.4) is 0 Å². The molecular formula is C17H18F3N3O3. The summed E-state index contributed by atoms with van der Waals surface area (Å²) < 4.78 is 48.7. The van der Waals surface area contributed by atoms with Crippen molar-refractivity contribution in [1.29, 1.82) is 0 Å². The number of carbonyl (C=O) groups excluding carboxylic acids is 1. The lowest BCUT2D eigenvalue weighted by Gasteiger charge is -2.12. The number of halogens is 3. The molecule has 9 heteroatoms. The van der Waals surface area contributed by atoms with Gasteiger partial charge in [-0.15, -0.1) is 0 Å². The molecule has 0 bridgehead atoms. The molecule has 0 atom stereocenters. The average molecular weight is 369 g/mol. The molecule has 140 valence electrons. The molecule has 1 aromatic carbocycles. The van der Waals surface area contributed by atoms with Crippen LogP contribution in [0.4, 0.5) is 19.1 Å². The number of aromatic nitrogens is 2. The number of methoxy groups -OCH3 is 2. The van der Waals surface area contributed by atoms with E-state index in [0.717, 1.165) is 24.6 Å². The van der Waals surface area contributed by atoms with Crippen LogP contribution in [0.1, 0.15) is 28.0 Å². The number of benzene rings is 1. The summed E-state index contributed by atoms with van der Waals surface area (Å²) in [6.07, 6.45) is -2.62. The van der Waals surface area contributed by atoms with E-state index in [-0.39, 0.29) is 5.95 Å². The van der Waals surface area contributed by atoms with Crippen LogP contribution in [0, 0.1) is 0 Å². The zero-order chi connectivity index (χ0) is 19.2.